The Kier molecular flexibility index (Phi) is 4.54. The lowest BCUT2D eigenvalue weighted by Crippen LogP contribution is -2.14. The van der Waals surface area contributed by atoms with Crippen molar-refractivity contribution < 1.29 is 0 Å². The van der Waals surface area contributed by atoms with Crippen LogP contribution in [0.2, 0.25) is 12.6 Å². The second kappa shape index (κ2) is 6.00. The Bertz CT molecular complexity index is 567. The molecule has 0 spiro atoms. The monoisotopic (exact) mass is 283 g/mol. The molecule has 1 aromatic carbocycles. The molecule has 0 saturated carbocycles. The van der Waals surface area contributed by atoms with E-state index in [0.29, 0.717) is 5.92 Å². The van der Waals surface area contributed by atoms with Gasteiger partial charge in [0.25, 0.3) is 0 Å². The Morgan fingerprint density at radius 1 is 1.05 bits per heavy atom. The molecule has 1 unspecified atom stereocenters. The van der Waals surface area contributed by atoms with Crippen LogP contribution < -0.4 is 4.90 Å². The molecule has 0 bridgehead atoms. The van der Waals surface area contributed by atoms with Crippen LogP contribution in [0.1, 0.15) is 32.3 Å². The lowest BCUT2D eigenvalue weighted by atomic mass is 9.87. The van der Waals surface area contributed by atoms with Crippen LogP contribution in [0.4, 0.5) is 5.69 Å². The normalized spacial score (nSPS) is 19.0. The van der Waals surface area contributed by atoms with Crippen LogP contribution in [0, 0.1) is 0 Å². The van der Waals surface area contributed by atoms with Crippen LogP contribution in [0.5, 0.6) is 0 Å². The van der Waals surface area contributed by atoms with Crippen LogP contribution in [0.25, 0.3) is 0 Å². The van der Waals surface area contributed by atoms with Crippen molar-refractivity contribution in [1.82, 2.24) is 0 Å². The molecule has 0 aromatic heterocycles. The summed E-state index contributed by atoms with van der Waals surface area (Å²) in [6, 6.07) is 10.1. The van der Waals surface area contributed by atoms with E-state index in [1.165, 1.54) is 34.0 Å². The summed E-state index contributed by atoms with van der Waals surface area (Å²) >= 11 is 0. The number of nitrogens with zero attached hydrogens (tertiary/aromatic N) is 1. The fourth-order valence-electron chi connectivity index (χ4n) is 3.22. The van der Waals surface area contributed by atoms with Crippen molar-refractivity contribution in [2.75, 3.05) is 19.0 Å². The van der Waals surface area contributed by atoms with Gasteiger partial charge in [0.15, 0.2) is 0 Å². The minimum Gasteiger partial charge on any atom is -0.377 e. The van der Waals surface area contributed by atoms with Crippen molar-refractivity contribution in [2.24, 2.45) is 0 Å². The van der Waals surface area contributed by atoms with Gasteiger partial charge in [0.2, 0.25) is 0 Å². The smallest absolute Gasteiger partial charge is 0.0403 e. The second-order valence-electron chi connectivity index (χ2n) is 5.87. The maximum absolute atomic E-state index is 2.31. The van der Waals surface area contributed by atoms with Gasteiger partial charge in [-0.05, 0) is 49.6 Å². The lowest BCUT2D eigenvalue weighted by molar-refractivity contribution is 0.920. The van der Waals surface area contributed by atoms with E-state index in [1.54, 1.807) is 5.57 Å². The number of hydrogen-bond donors (Lipinski definition) is 0. The first kappa shape index (κ1) is 15.1. The Hall–Kier alpha value is -1.28. The number of rotatable bonds is 4. The summed E-state index contributed by atoms with van der Waals surface area (Å²) in [6.07, 6.45) is 0. The highest BCUT2D eigenvalue weighted by Gasteiger charge is 2.29. The first-order chi connectivity index (χ1) is 9.49. The van der Waals surface area contributed by atoms with Crippen LogP contribution in [0.15, 0.2) is 46.6 Å². The lowest BCUT2D eigenvalue weighted by Gasteiger charge is -2.25. The topological polar surface area (TPSA) is 3.24 Å². The number of allylic oxidation sites excluding steroid dienone is 4. The molecule has 0 heterocycles. The molecule has 2 rings (SSSR count). The summed E-state index contributed by atoms with van der Waals surface area (Å²) < 4.78 is 0. The molecule has 2 heteroatoms. The second-order valence-corrected chi connectivity index (χ2v) is 6.94. The third-order valence-corrected chi connectivity index (χ3v) is 5.25. The van der Waals surface area contributed by atoms with Crippen molar-refractivity contribution >= 4 is 15.2 Å². The van der Waals surface area contributed by atoms with E-state index in [2.05, 4.69) is 70.6 Å². The Labute approximate surface area is 126 Å². The molecular formula is C18H25NSi. The molecule has 1 aliphatic rings. The summed E-state index contributed by atoms with van der Waals surface area (Å²) in [4.78, 5) is 2.23. The van der Waals surface area contributed by atoms with Crippen molar-refractivity contribution in [3.8, 4) is 0 Å². The number of benzene rings is 1. The van der Waals surface area contributed by atoms with Gasteiger partial charge < -0.3 is 4.90 Å². The van der Waals surface area contributed by atoms with Gasteiger partial charge in [-0.2, -0.15) is 0 Å². The zero-order valence-corrected chi connectivity index (χ0v) is 14.5. The number of para-hydroxylation sites is 1. The minimum absolute atomic E-state index is 0.487. The van der Waals surface area contributed by atoms with E-state index in [1.807, 2.05) is 0 Å². The van der Waals surface area contributed by atoms with Crippen LogP contribution >= 0.6 is 0 Å². The summed E-state index contributed by atoms with van der Waals surface area (Å²) in [5.41, 5.74) is 8.99. The largest absolute Gasteiger partial charge is 0.377 e. The maximum atomic E-state index is 2.31. The third kappa shape index (κ3) is 2.49. The Balaban J connectivity index is 2.56. The van der Waals surface area contributed by atoms with Gasteiger partial charge >= 0.3 is 0 Å². The average Bonchev–Trinajstić information content (AvgIpc) is 2.64. The van der Waals surface area contributed by atoms with Gasteiger partial charge in [0, 0.05) is 35.2 Å². The predicted octanol–water partition coefficient (Wildman–Crippen LogP) is 4.67. The molecule has 0 N–H and O–H groups in total. The summed E-state index contributed by atoms with van der Waals surface area (Å²) in [5.74, 6) is 0.487. The van der Waals surface area contributed by atoms with E-state index < -0.39 is 0 Å². The summed E-state index contributed by atoms with van der Waals surface area (Å²) in [5, 5.41) is 0. The quantitative estimate of drug-likeness (QED) is 0.726. The molecule has 0 aliphatic heterocycles. The summed E-state index contributed by atoms with van der Waals surface area (Å²) in [7, 11) is 5.25. The van der Waals surface area contributed by atoms with Gasteiger partial charge in [0.05, 0.1) is 0 Å². The SMILES string of the molecule is C[Si]CC1=C(C)C(C)=C(C)C1c1ccccc1N(C)C. The van der Waals surface area contributed by atoms with Crippen LogP contribution in [0.3, 0.4) is 0 Å². The molecular weight excluding hydrogens is 258 g/mol. The van der Waals surface area contributed by atoms with E-state index in [-0.39, 0.29) is 0 Å². The fourth-order valence-corrected chi connectivity index (χ4v) is 4.07. The Morgan fingerprint density at radius 2 is 1.70 bits per heavy atom. The molecule has 2 radical (unpaired) electrons. The van der Waals surface area contributed by atoms with E-state index in [9.17, 15) is 0 Å². The molecule has 0 saturated heterocycles. The van der Waals surface area contributed by atoms with E-state index >= 15 is 0 Å². The number of hydrogen-bond acceptors (Lipinski definition) is 1. The zero-order valence-electron chi connectivity index (χ0n) is 13.5. The summed E-state index contributed by atoms with van der Waals surface area (Å²) in [6.45, 7) is 9.19. The molecule has 1 aliphatic carbocycles. The molecule has 0 fully saturated rings. The van der Waals surface area contributed by atoms with Crippen molar-refractivity contribution in [1.29, 1.82) is 0 Å². The molecule has 0 amide bonds. The van der Waals surface area contributed by atoms with Crippen molar-refractivity contribution in [3.05, 3.63) is 52.1 Å². The average molecular weight is 283 g/mol. The zero-order chi connectivity index (χ0) is 14.9. The van der Waals surface area contributed by atoms with Crippen LogP contribution in [-0.2, 0) is 0 Å². The highest BCUT2D eigenvalue weighted by molar-refractivity contribution is 6.34. The molecule has 106 valence electrons. The van der Waals surface area contributed by atoms with Crippen molar-refractivity contribution in [2.45, 2.75) is 39.3 Å². The molecule has 1 atom stereocenters. The Morgan fingerprint density at radius 3 is 2.30 bits per heavy atom. The van der Waals surface area contributed by atoms with E-state index in [4.69, 9.17) is 0 Å². The van der Waals surface area contributed by atoms with Crippen LogP contribution in [-0.4, -0.2) is 23.6 Å². The maximum Gasteiger partial charge on any atom is 0.0403 e. The van der Waals surface area contributed by atoms with Gasteiger partial charge in [-0.25, -0.2) is 0 Å². The predicted molar refractivity (Wildman–Crippen MR) is 91.0 cm³/mol. The van der Waals surface area contributed by atoms with Gasteiger partial charge in [-0.15, -0.1) is 0 Å². The van der Waals surface area contributed by atoms with Gasteiger partial charge in [-0.1, -0.05) is 35.9 Å². The van der Waals surface area contributed by atoms with E-state index in [0.717, 1.165) is 9.52 Å². The highest BCUT2D eigenvalue weighted by Crippen LogP contribution is 2.47. The van der Waals surface area contributed by atoms with Gasteiger partial charge in [0.1, 0.15) is 0 Å². The minimum atomic E-state index is 0.487. The fraction of sp³-hybridized carbons (Fsp3) is 0.444. The first-order valence-electron chi connectivity index (χ1n) is 7.27. The molecule has 1 aromatic rings. The third-order valence-electron chi connectivity index (χ3n) is 4.51. The highest BCUT2D eigenvalue weighted by atomic mass is 28.2. The molecule has 1 nitrogen and oxygen atoms in total. The standard InChI is InChI=1S/C18H25NSi/c1-12-13(2)16(11-20-6)18(14(12)3)15-9-7-8-10-17(15)19(4)5/h7-10,18H,11H2,1-6H3. The van der Waals surface area contributed by atoms with Crippen molar-refractivity contribution in [3.63, 3.8) is 0 Å². The first-order valence-corrected chi connectivity index (χ1v) is 8.98. The molecule has 20 heavy (non-hydrogen) atoms. The number of anilines is 1. The van der Waals surface area contributed by atoms with Gasteiger partial charge in [-0.3, -0.25) is 0 Å².